The Morgan fingerprint density at radius 3 is 2.61 bits per heavy atom. The number of para-hydroxylation sites is 1. The summed E-state index contributed by atoms with van der Waals surface area (Å²) in [5, 5.41) is 14.5. The molecule has 5 aromatic carbocycles. The zero-order valence-corrected chi connectivity index (χ0v) is 18.5. The highest BCUT2D eigenvalue weighted by Gasteiger charge is 2.29. The monoisotopic (exact) mass is 460 g/mol. The molecule has 0 saturated heterocycles. The predicted octanol–water partition coefficient (Wildman–Crippen LogP) is 6.94. The van der Waals surface area contributed by atoms with Crippen LogP contribution in [0.4, 0.5) is 5.69 Å². The van der Waals surface area contributed by atoms with Crippen LogP contribution in [0.5, 0.6) is 11.5 Å². The van der Waals surface area contributed by atoms with Crippen molar-refractivity contribution in [3.63, 3.8) is 0 Å². The van der Waals surface area contributed by atoms with Crippen molar-refractivity contribution in [3.8, 4) is 28.7 Å². The number of benzene rings is 5. The second kappa shape index (κ2) is 6.35. The molecule has 0 aliphatic carbocycles. The van der Waals surface area contributed by atoms with Crippen molar-refractivity contribution < 1.29 is 4.74 Å². The van der Waals surface area contributed by atoms with Crippen LogP contribution in [0.15, 0.2) is 77.6 Å². The molecule has 1 aliphatic rings. The van der Waals surface area contributed by atoms with Crippen LogP contribution in [0, 0.1) is 17.9 Å². The maximum Gasteiger partial charge on any atom is 0.263 e. The Morgan fingerprint density at radius 1 is 0.944 bits per heavy atom. The molecule has 7 aromatic rings. The lowest BCUT2D eigenvalue weighted by Gasteiger charge is -2.25. The van der Waals surface area contributed by atoms with E-state index >= 15 is 0 Å². The van der Waals surface area contributed by atoms with Gasteiger partial charge in [-0.25, -0.2) is 9.83 Å². The maximum absolute atomic E-state index is 14.1. The standard InChI is InChI=1S/C30H12N4O2/c1-32-21-13-19-26-18(12-16(14-31)24-17-8-2-3-11-23(17)36-28(21)27(24)26)29-33-20-9-4-6-15-7-5-10-22(25(15)20)34(29)30(19)35/h2-13H. The molecule has 0 radical (unpaired) electrons. The van der Waals surface area contributed by atoms with Crippen LogP contribution in [0.3, 0.4) is 0 Å². The van der Waals surface area contributed by atoms with Crippen molar-refractivity contribution in [2.24, 2.45) is 0 Å². The number of nitrogens with zero attached hydrogens (tertiary/aromatic N) is 4. The average molecular weight is 460 g/mol. The van der Waals surface area contributed by atoms with Gasteiger partial charge in [0.15, 0.2) is 0 Å². The highest BCUT2D eigenvalue weighted by Crippen LogP contribution is 2.53. The van der Waals surface area contributed by atoms with E-state index < -0.39 is 0 Å². The second-order valence-electron chi connectivity index (χ2n) is 8.92. The van der Waals surface area contributed by atoms with Gasteiger partial charge in [-0.1, -0.05) is 42.5 Å². The summed E-state index contributed by atoms with van der Waals surface area (Å²) >= 11 is 0. The smallest absolute Gasteiger partial charge is 0.263 e. The van der Waals surface area contributed by atoms with E-state index in [2.05, 4.69) is 10.9 Å². The van der Waals surface area contributed by atoms with Gasteiger partial charge in [0, 0.05) is 38.1 Å². The summed E-state index contributed by atoms with van der Waals surface area (Å²) in [5.41, 5.74) is 3.85. The van der Waals surface area contributed by atoms with E-state index in [1.807, 2.05) is 66.7 Å². The number of fused-ring (bicyclic) bond motifs is 5. The van der Waals surface area contributed by atoms with Crippen molar-refractivity contribution in [1.82, 2.24) is 9.38 Å². The van der Waals surface area contributed by atoms with Crippen LogP contribution in [0.1, 0.15) is 5.56 Å². The van der Waals surface area contributed by atoms with Crippen LogP contribution in [0.2, 0.25) is 0 Å². The van der Waals surface area contributed by atoms with Gasteiger partial charge in [-0.15, -0.1) is 0 Å². The Kier molecular flexibility index (Phi) is 3.34. The molecule has 3 heterocycles. The van der Waals surface area contributed by atoms with Crippen molar-refractivity contribution in [2.75, 3.05) is 0 Å². The van der Waals surface area contributed by atoms with Crippen LogP contribution >= 0.6 is 0 Å². The molecule has 0 unspecified atom stereocenters. The Labute approximate surface area is 203 Å². The van der Waals surface area contributed by atoms with Gasteiger partial charge in [-0.2, -0.15) is 5.26 Å². The van der Waals surface area contributed by atoms with Gasteiger partial charge in [0.25, 0.3) is 5.56 Å². The van der Waals surface area contributed by atoms with Crippen LogP contribution in [-0.2, 0) is 0 Å². The summed E-state index contributed by atoms with van der Waals surface area (Å²) < 4.78 is 7.85. The topological polar surface area (TPSA) is 71.8 Å². The third-order valence-electron chi connectivity index (χ3n) is 7.16. The third kappa shape index (κ3) is 2.10. The zero-order valence-electron chi connectivity index (χ0n) is 18.5. The SMILES string of the molecule is [C-]#[N+]c1cc2c(=O)n3c4cccc5cccc(nc3c3cc(C#N)c6c(c1Oc1ccccc1-6)c23)c54. The predicted molar refractivity (Wildman–Crippen MR) is 139 cm³/mol. The first-order valence-electron chi connectivity index (χ1n) is 11.4. The van der Waals surface area contributed by atoms with Gasteiger partial charge >= 0.3 is 0 Å². The van der Waals surface area contributed by atoms with E-state index in [0.29, 0.717) is 49.8 Å². The number of pyridine rings is 1. The molecule has 0 saturated carbocycles. The summed E-state index contributed by atoms with van der Waals surface area (Å²) in [4.78, 5) is 22.8. The lowest BCUT2D eigenvalue weighted by molar-refractivity contribution is 0.490. The normalized spacial score (nSPS) is 12.2. The molecule has 6 heteroatoms. The number of rotatable bonds is 0. The highest BCUT2D eigenvalue weighted by molar-refractivity contribution is 6.25. The molecule has 8 rings (SSSR count). The molecule has 1 aliphatic heterocycles. The number of nitriles is 1. The Bertz CT molecular complexity index is 2280. The van der Waals surface area contributed by atoms with Gasteiger partial charge < -0.3 is 4.74 Å². The summed E-state index contributed by atoms with van der Waals surface area (Å²) in [6.45, 7) is 7.85. The molecule has 0 bridgehead atoms. The van der Waals surface area contributed by atoms with E-state index in [-0.39, 0.29) is 11.2 Å². The van der Waals surface area contributed by atoms with E-state index in [0.717, 1.165) is 27.4 Å². The largest absolute Gasteiger partial charge is 0.467 e. The minimum absolute atomic E-state index is 0.235. The molecule has 0 spiro atoms. The molecule has 0 amide bonds. The lowest BCUT2D eigenvalue weighted by Crippen LogP contribution is -2.17. The second-order valence-corrected chi connectivity index (χ2v) is 8.92. The Balaban J connectivity index is 1.74. The first-order valence-corrected chi connectivity index (χ1v) is 11.4. The molecular weight excluding hydrogens is 448 g/mol. The third-order valence-corrected chi connectivity index (χ3v) is 7.16. The van der Waals surface area contributed by atoms with E-state index in [4.69, 9.17) is 16.3 Å². The van der Waals surface area contributed by atoms with Crippen molar-refractivity contribution in [3.05, 3.63) is 100 Å². The van der Waals surface area contributed by atoms with Crippen LogP contribution in [0.25, 0.3) is 65.0 Å². The highest BCUT2D eigenvalue weighted by atomic mass is 16.5. The first kappa shape index (κ1) is 18.9. The summed E-state index contributed by atoms with van der Waals surface area (Å²) in [5.74, 6) is 0.949. The molecule has 0 N–H and O–H groups in total. The lowest BCUT2D eigenvalue weighted by atomic mass is 9.87. The quantitative estimate of drug-likeness (QED) is 0.140. The maximum atomic E-state index is 14.1. The minimum Gasteiger partial charge on any atom is -0.467 e. The fraction of sp³-hybridized carbons (Fsp3) is 0. The first-order chi connectivity index (χ1) is 17.7. The molecule has 36 heavy (non-hydrogen) atoms. The minimum atomic E-state index is -0.255. The number of aromatic nitrogens is 2. The van der Waals surface area contributed by atoms with Gasteiger partial charge in [-0.05, 0) is 35.7 Å². The van der Waals surface area contributed by atoms with Crippen LogP contribution < -0.4 is 10.3 Å². The molecule has 0 atom stereocenters. The van der Waals surface area contributed by atoms with E-state index in [1.54, 1.807) is 10.5 Å². The Morgan fingerprint density at radius 2 is 1.78 bits per heavy atom. The van der Waals surface area contributed by atoms with Crippen molar-refractivity contribution in [2.45, 2.75) is 0 Å². The number of hydrogen-bond donors (Lipinski definition) is 0. The van der Waals surface area contributed by atoms with Crippen molar-refractivity contribution in [1.29, 1.82) is 5.26 Å². The fourth-order valence-corrected chi connectivity index (χ4v) is 5.73. The molecule has 0 fully saturated rings. The summed E-state index contributed by atoms with van der Waals surface area (Å²) in [6, 6.07) is 24.9. The summed E-state index contributed by atoms with van der Waals surface area (Å²) in [6.07, 6.45) is 0. The Hall–Kier alpha value is -5.46. The number of hydrogen-bond acceptors (Lipinski definition) is 4. The van der Waals surface area contributed by atoms with Gasteiger partial charge in [-0.3, -0.25) is 9.20 Å². The van der Waals surface area contributed by atoms with Gasteiger partial charge in [0.2, 0.25) is 5.69 Å². The van der Waals surface area contributed by atoms with Gasteiger partial charge in [0.1, 0.15) is 17.1 Å². The molecule has 6 nitrogen and oxygen atoms in total. The van der Waals surface area contributed by atoms with Crippen molar-refractivity contribution >= 4 is 54.7 Å². The van der Waals surface area contributed by atoms with E-state index in [1.165, 1.54) is 0 Å². The molecular formula is C30H12N4O2. The number of ether oxygens (including phenoxy) is 1. The van der Waals surface area contributed by atoms with E-state index in [9.17, 15) is 10.1 Å². The van der Waals surface area contributed by atoms with Crippen LogP contribution in [-0.4, -0.2) is 9.38 Å². The fourth-order valence-electron chi connectivity index (χ4n) is 5.73. The summed E-state index contributed by atoms with van der Waals surface area (Å²) in [7, 11) is 0. The zero-order chi connectivity index (χ0) is 24.1. The molecule has 2 aromatic heterocycles. The van der Waals surface area contributed by atoms with Gasteiger partial charge in [0.05, 0.1) is 29.2 Å². The molecule has 164 valence electrons. The average Bonchev–Trinajstić information content (AvgIpc) is 2.92.